The lowest BCUT2D eigenvalue weighted by Gasteiger charge is -2.12. The highest BCUT2D eigenvalue weighted by Crippen LogP contribution is 2.07. The normalized spacial score (nSPS) is 10.8. The third kappa shape index (κ3) is 2.85. The molecule has 7 heteroatoms. The average molecular weight is 310 g/mol. The van der Waals surface area contributed by atoms with E-state index in [0.717, 1.165) is 4.57 Å². The first-order chi connectivity index (χ1) is 9.97. The van der Waals surface area contributed by atoms with Crippen molar-refractivity contribution >= 4 is 11.6 Å². The molecule has 0 amide bonds. The third-order valence-corrected chi connectivity index (χ3v) is 3.56. The molecule has 2 aromatic rings. The van der Waals surface area contributed by atoms with Crippen molar-refractivity contribution in [2.24, 2.45) is 0 Å². The SMILES string of the molecule is Cc1cn(-c2ccc[n+]([O-])c2C)c(=O)n(CCCCl)c1=O. The predicted molar refractivity (Wildman–Crippen MR) is 80.1 cm³/mol. The van der Waals surface area contributed by atoms with Gasteiger partial charge in [0, 0.05) is 37.2 Å². The highest BCUT2D eigenvalue weighted by molar-refractivity contribution is 6.17. The monoisotopic (exact) mass is 309 g/mol. The van der Waals surface area contributed by atoms with E-state index in [1.54, 1.807) is 26.0 Å². The van der Waals surface area contributed by atoms with Gasteiger partial charge in [-0.1, -0.05) is 0 Å². The van der Waals surface area contributed by atoms with E-state index in [9.17, 15) is 14.8 Å². The van der Waals surface area contributed by atoms with E-state index in [-0.39, 0.29) is 12.1 Å². The summed E-state index contributed by atoms with van der Waals surface area (Å²) in [7, 11) is 0. The second-order valence-corrected chi connectivity index (χ2v) is 5.15. The van der Waals surface area contributed by atoms with Gasteiger partial charge in [-0.25, -0.2) is 4.79 Å². The first kappa shape index (κ1) is 15.3. The van der Waals surface area contributed by atoms with Crippen molar-refractivity contribution < 1.29 is 4.73 Å². The highest BCUT2D eigenvalue weighted by atomic mass is 35.5. The zero-order valence-electron chi connectivity index (χ0n) is 11.9. The Bertz CT molecular complexity index is 780. The van der Waals surface area contributed by atoms with Crippen LogP contribution in [0.15, 0.2) is 34.1 Å². The van der Waals surface area contributed by atoms with Gasteiger partial charge in [-0.3, -0.25) is 13.9 Å². The molecule has 0 saturated heterocycles. The van der Waals surface area contributed by atoms with Gasteiger partial charge in [0.1, 0.15) is 5.69 Å². The van der Waals surface area contributed by atoms with Crippen LogP contribution in [-0.4, -0.2) is 15.0 Å². The molecule has 0 aliphatic carbocycles. The Kier molecular flexibility index (Phi) is 4.47. The number of hydrogen-bond donors (Lipinski definition) is 0. The number of rotatable bonds is 4. The molecule has 112 valence electrons. The van der Waals surface area contributed by atoms with E-state index in [2.05, 4.69) is 0 Å². The van der Waals surface area contributed by atoms with Crippen LogP contribution in [0.2, 0.25) is 0 Å². The zero-order chi connectivity index (χ0) is 15.6. The Morgan fingerprint density at radius 2 is 2.05 bits per heavy atom. The van der Waals surface area contributed by atoms with Crippen LogP contribution in [0.4, 0.5) is 0 Å². The number of nitrogens with zero attached hydrogens (tertiary/aromatic N) is 3. The number of hydrogen-bond acceptors (Lipinski definition) is 3. The predicted octanol–water partition coefficient (Wildman–Crippen LogP) is 0.878. The summed E-state index contributed by atoms with van der Waals surface area (Å²) in [4.78, 5) is 24.6. The summed E-state index contributed by atoms with van der Waals surface area (Å²) in [5.41, 5.74) is 0.488. The molecule has 0 fully saturated rings. The fourth-order valence-electron chi connectivity index (χ4n) is 2.13. The molecule has 0 atom stereocenters. The van der Waals surface area contributed by atoms with Gasteiger partial charge in [0.05, 0.1) is 0 Å². The van der Waals surface area contributed by atoms with Crippen LogP contribution < -0.4 is 16.0 Å². The minimum absolute atomic E-state index is 0.256. The average Bonchev–Trinajstić information content (AvgIpc) is 2.46. The van der Waals surface area contributed by atoms with Crippen molar-refractivity contribution in [3.63, 3.8) is 0 Å². The quantitative estimate of drug-likeness (QED) is 0.478. The first-order valence-corrected chi connectivity index (χ1v) is 7.09. The summed E-state index contributed by atoms with van der Waals surface area (Å²) < 4.78 is 3.17. The second kappa shape index (κ2) is 6.13. The van der Waals surface area contributed by atoms with Gasteiger partial charge in [-0.05, 0) is 19.4 Å². The van der Waals surface area contributed by atoms with Gasteiger partial charge in [0.15, 0.2) is 6.20 Å². The molecule has 0 aliphatic rings. The van der Waals surface area contributed by atoms with Crippen LogP contribution in [0.1, 0.15) is 17.7 Å². The van der Waals surface area contributed by atoms with Gasteiger partial charge in [0.25, 0.3) is 5.56 Å². The molecule has 0 bridgehead atoms. The molecular weight excluding hydrogens is 294 g/mol. The summed E-state index contributed by atoms with van der Waals surface area (Å²) in [6.45, 7) is 3.52. The summed E-state index contributed by atoms with van der Waals surface area (Å²) >= 11 is 5.63. The van der Waals surface area contributed by atoms with Gasteiger partial charge in [-0.2, -0.15) is 4.73 Å². The Balaban J connectivity index is 2.71. The molecule has 2 aromatic heterocycles. The molecule has 0 N–H and O–H groups in total. The summed E-state index contributed by atoms with van der Waals surface area (Å²) in [6.07, 6.45) is 3.35. The molecular formula is C14H16ClN3O3. The molecule has 0 spiro atoms. The Morgan fingerprint density at radius 3 is 2.71 bits per heavy atom. The Labute approximate surface area is 126 Å². The number of alkyl halides is 1. The van der Waals surface area contributed by atoms with Crippen LogP contribution in [0.5, 0.6) is 0 Å². The Morgan fingerprint density at radius 1 is 1.33 bits per heavy atom. The molecule has 0 aliphatic heterocycles. The maximum atomic E-state index is 12.5. The summed E-state index contributed by atoms with van der Waals surface area (Å²) in [5, 5.41) is 11.6. The van der Waals surface area contributed by atoms with E-state index in [1.807, 2.05) is 0 Å². The van der Waals surface area contributed by atoms with E-state index in [1.165, 1.54) is 17.0 Å². The lowest BCUT2D eigenvalue weighted by Crippen LogP contribution is -2.41. The van der Waals surface area contributed by atoms with Crippen LogP contribution in [0.25, 0.3) is 5.69 Å². The van der Waals surface area contributed by atoms with E-state index in [0.29, 0.717) is 34.0 Å². The van der Waals surface area contributed by atoms with Crippen molar-refractivity contribution in [1.29, 1.82) is 0 Å². The van der Waals surface area contributed by atoms with Gasteiger partial charge in [0.2, 0.25) is 5.69 Å². The number of aryl methyl sites for hydroxylation is 1. The summed E-state index contributed by atoms with van der Waals surface area (Å²) in [5.74, 6) is 0.366. The molecule has 0 radical (unpaired) electrons. The topological polar surface area (TPSA) is 70.9 Å². The lowest BCUT2D eigenvalue weighted by molar-refractivity contribution is -0.612. The molecule has 2 heterocycles. The van der Waals surface area contributed by atoms with E-state index < -0.39 is 5.69 Å². The number of aromatic nitrogens is 3. The minimum atomic E-state index is -0.468. The minimum Gasteiger partial charge on any atom is -0.618 e. The first-order valence-electron chi connectivity index (χ1n) is 6.55. The highest BCUT2D eigenvalue weighted by Gasteiger charge is 2.14. The van der Waals surface area contributed by atoms with E-state index >= 15 is 0 Å². The van der Waals surface area contributed by atoms with Crippen LogP contribution in [-0.2, 0) is 6.54 Å². The van der Waals surface area contributed by atoms with Crippen molar-refractivity contribution in [3.05, 3.63) is 61.8 Å². The number of halogens is 1. The standard InChI is InChI=1S/C14H16ClN3O3/c1-10-9-17(12-5-3-8-18(21)11(12)2)14(20)16(13(10)19)7-4-6-15/h3,5,8-9H,4,6-7H2,1-2H3. The molecule has 21 heavy (non-hydrogen) atoms. The molecule has 0 unspecified atom stereocenters. The summed E-state index contributed by atoms with van der Waals surface area (Å²) in [6, 6.07) is 3.23. The van der Waals surface area contributed by atoms with Crippen molar-refractivity contribution in [2.75, 3.05) is 5.88 Å². The second-order valence-electron chi connectivity index (χ2n) is 4.77. The third-order valence-electron chi connectivity index (χ3n) is 3.29. The maximum absolute atomic E-state index is 12.5. The van der Waals surface area contributed by atoms with Crippen molar-refractivity contribution in [2.45, 2.75) is 26.8 Å². The van der Waals surface area contributed by atoms with Crippen LogP contribution in [0.3, 0.4) is 0 Å². The van der Waals surface area contributed by atoms with Crippen LogP contribution in [0, 0.1) is 19.1 Å². The van der Waals surface area contributed by atoms with Crippen molar-refractivity contribution in [3.8, 4) is 5.69 Å². The van der Waals surface area contributed by atoms with Crippen molar-refractivity contribution in [1.82, 2.24) is 9.13 Å². The fraction of sp³-hybridized carbons (Fsp3) is 0.357. The smallest absolute Gasteiger partial charge is 0.335 e. The zero-order valence-corrected chi connectivity index (χ0v) is 12.6. The molecule has 0 aromatic carbocycles. The number of pyridine rings is 1. The lowest BCUT2D eigenvalue weighted by atomic mass is 10.3. The van der Waals surface area contributed by atoms with E-state index in [4.69, 9.17) is 11.6 Å². The van der Waals surface area contributed by atoms with Gasteiger partial charge >= 0.3 is 5.69 Å². The van der Waals surface area contributed by atoms with Gasteiger partial charge in [-0.15, -0.1) is 11.6 Å². The fourth-order valence-corrected chi connectivity index (χ4v) is 2.25. The van der Waals surface area contributed by atoms with Gasteiger partial charge < -0.3 is 5.21 Å². The van der Waals surface area contributed by atoms with Crippen LogP contribution >= 0.6 is 11.6 Å². The largest absolute Gasteiger partial charge is 0.618 e. The molecule has 0 saturated carbocycles. The molecule has 2 rings (SSSR count). The maximum Gasteiger partial charge on any atom is 0.335 e. The Hall–Kier alpha value is -2.08. The molecule has 6 nitrogen and oxygen atoms in total.